The van der Waals surface area contributed by atoms with E-state index in [0.717, 1.165) is 16.8 Å². The summed E-state index contributed by atoms with van der Waals surface area (Å²) < 4.78 is 12.0. The average Bonchev–Trinajstić information content (AvgIpc) is 3.22. The maximum absolute atomic E-state index is 12.3. The zero-order chi connectivity index (χ0) is 19.2. The van der Waals surface area contributed by atoms with Crippen molar-refractivity contribution in [3.8, 4) is 17.2 Å². The van der Waals surface area contributed by atoms with E-state index < -0.39 is 0 Å². The number of hydrogen-bond acceptors (Lipinski definition) is 6. The number of tetrazole rings is 1. The minimum Gasteiger partial charge on any atom is -0.497 e. The van der Waals surface area contributed by atoms with Gasteiger partial charge in [0.05, 0.1) is 19.9 Å². The van der Waals surface area contributed by atoms with Gasteiger partial charge in [-0.1, -0.05) is 6.07 Å². The van der Waals surface area contributed by atoms with Crippen molar-refractivity contribution in [2.75, 3.05) is 19.5 Å². The normalized spacial score (nSPS) is 10.8. The van der Waals surface area contributed by atoms with Crippen molar-refractivity contribution >= 4 is 17.7 Å². The number of methoxy groups -OCH3 is 2. The molecule has 0 bridgehead atoms. The number of carbonyl (C=O) groups excluding carboxylic acids is 1. The largest absolute Gasteiger partial charge is 0.497 e. The van der Waals surface area contributed by atoms with Gasteiger partial charge < -0.3 is 14.8 Å². The molecular formula is C19H19N5O3. The van der Waals surface area contributed by atoms with Gasteiger partial charge in [-0.15, -0.1) is 5.10 Å². The van der Waals surface area contributed by atoms with Crippen molar-refractivity contribution in [3.05, 3.63) is 59.9 Å². The Balaban J connectivity index is 1.75. The minimum atomic E-state index is -0.261. The standard InChI is InChI=1S/C19H19N5O3/c1-13-4-6-15(10-18(13)24-12-20-22-23-24)21-19(25)7-5-14-8-16(26-2)11-17(9-14)27-3/h4-12H,1-3H3,(H,21,25)/b7-5+. The van der Waals surface area contributed by atoms with Gasteiger partial charge in [-0.2, -0.15) is 0 Å². The summed E-state index contributed by atoms with van der Waals surface area (Å²) in [6, 6.07) is 10.9. The first-order valence-electron chi connectivity index (χ1n) is 8.15. The number of aryl methyl sites for hydroxylation is 1. The van der Waals surface area contributed by atoms with E-state index >= 15 is 0 Å². The van der Waals surface area contributed by atoms with Crippen LogP contribution < -0.4 is 14.8 Å². The molecule has 0 saturated heterocycles. The summed E-state index contributed by atoms with van der Waals surface area (Å²) in [4.78, 5) is 12.3. The molecule has 0 unspecified atom stereocenters. The van der Waals surface area contributed by atoms with Crippen LogP contribution in [0.5, 0.6) is 11.5 Å². The number of nitrogens with zero attached hydrogens (tertiary/aromatic N) is 4. The number of benzene rings is 2. The lowest BCUT2D eigenvalue weighted by Gasteiger charge is -2.08. The molecule has 27 heavy (non-hydrogen) atoms. The summed E-state index contributed by atoms with van der Waals surface area (Å²) >= 11 is 0. The summed E-state index contributed by atoms with van der Waals surface area (Å²) in [6.07, 6.45) is 4.64. The molecule has 0 radical (unpaired) electrons. The second-order valence-corrected chi connectivity index (χ2v) is 5.72. The van der Waals surface area contributed by atoms with Crippen molar-refractivity contribution < 1.29 is 14.3 Å². The predicted molar refractivity (Wildman–Crippen MR) is 101 cm³/mol. The van der Waals surface area contributed by atoms with Crippen molar-refractivity contribution in [1.82, 2.24) is 20.2 Å². The van der Waals surface area contributed by atoms with Crippen LogP contribution in [0.4, 0.5) is 5.69 Å². The number of rotatable bonds is 6. The van der Waals surface area contributed by atoms with Crippen molar-refractivity contribution in [2.24, 2.45) is 0 Å². The summed E-state index contributed by atoms with van der Waals surface area (Å²) in [7, 11) is 3.16. The fraction of sp³-hybridized carbons (Fsp3) is 0.158. The Labute approximate surface area is 156 Å². The second kappa shape index (κ2) is 8.13. The molecule has 3 aromatic rings. The van der Waals surface area contributed by atoms with Crippen LogP contribution >= 0.6 is 0 Å². The van der Waals surface area contributed by atoms with Crippen LogP contribution in [0.2, 0.25) is 0 Å². The van der Waals surface area contributed by atoms with Gasteiger partial charge in [-0.05, 0) is 58.8 Å². The van der Waals surface area contributed by atoms with Gasteiger partial charge in [0.15, 0.2) is 0 Å². The Kier molecular flexibility index (Phi) is 5.46. The van der Waals surface area contributed by atoms with E-state index in [1.165, 1.54) is 12.4 Å². The van der Waals surface area contributed by atoms with Crippen molar-refractivity contribution in [3.63, 3.8) is 0 Å². The molecule has 0 aliphatic heterocycles. The lowest BCUT2D eigenvalue weighted by molar-refractivity contribution is -0.111. The monoisotopic (exact) mass is 365 g/mol. The zero-order valence-corrected chi connectivity index (χ0v) is 15.2. The lowest BCUT2D eigenvalue weighted by Crippen LogP contribution is -2.09. The van der Waals surface area contributed by atoms with Gasteiger partial charge in [0.2, 0.25) is 5.91 Å². The fourth-order valence-corrected chi connectivity index (χ4v) is 2.49. The first kappa shape index (κ1) is 18.1. The molecule has 3 rings (SSSR count). The maximum atomic E-state index is 12.3. The maximum Gasteiger partial charge on any atom is 0.248 e. The number of carbonyl (C=O) groups is 1. The fourth-order valence-electron chi connectivity index (χ4n) is 2.49. The van der Waals surface area contributed by atoms with Gasteiger partial charge in [-0.25, -0.2) is 4.68 Å². The summed E-state index contributed by atoms with van der Waals surface area (Å²) in [5.41, 5.74) is 3.21. The predicted octanol–water partition coefficient (Wildman–Crippen LogP) is 2.64. The van der Waals surface area contributed by atoms with Gasteiger partial charge >= 0.3 is 0 Å². The van der Waals surface area contributed by atoms with Crippen LogP contribution in [0.25, 0.3) is 11.8 Å². The van der Waals surface area contributed by atoms with Gasteiger partial charge in [0.25, 0.3) is 0 Å². The molecule has 0 fully saturated rings. The van der Waals surface area contributed by atoms with Crippen molar-refractivity contribution in [1.29, 1.82) is 0 Å². The second-order valence-electron chi connectivity index (χ2n) is 5.72. The molecule has 2 aromatic carbocycles. The summed E-state index contributed by atoms with van der Waals surface area (Å²) in [5, 5.41) is 14.0. The first-order valence-corrected chi connectivity index (χ1v) is 8.15. The van der Waals surface area contributed by atoms with Crippen LogP contribution in [0.3, 0.4) is 0 Å². The molecule has 1 aromatic heterocycles. The number of ether oxygens (including phenoxy) is 2. The van der Waals surface area contributed by atoms with Gasteiger partial charge in [0.1, 0.15) is 17.8 Å². The quantitative estimate of drug-likeness (QED) is 0.675. The van der Waals surface area contributed by atoms with E-state index in [0.29, 0.717) is 17.2 Å². The van der Waals surface area contributed by atoms with E-state index in [2.05, 4.69) is 20.8 Å². The summed E-state index contributed by atoms with van der Waals surface area (Å²) in [6.45, 7) is 1.94. The Bertz CT molecular complexity index is 945. The smallest absolute Gasteiger partial charge is 0.248 e. The summed E-state index contributed by atoms with van der Waals surface area (Å²) in [5.74, 6) is 1.04. The van der Waals surface area contributed by atoms with Crippen LogP contribution in [-0.4, -0.2) is 40.3 Å². The molecule has 0 aliphatic rings. The third kappa shape index (κ3) is 4.49. The third-order valence-corrected chi connectivity index (χ3v) is 3.87. The number of nitrogens with one attached hydrogen (secondary N) is 1. The zero-order valence-electron chi connectivity index (χ0n) is 15.2. The van der Waals surface area contributed by atoms with E-state index in [1.807, 2.05) is 37.3 Å². The molecule has 0 atom stereocenters. The van der Waals surface area contributed by atoms with E-state index in [1.54, 1.807) is 31.0 Å². The van der Waals surface area contributed by atoms with Crippen LogP contribution in [0.1, 0.15) is 11.1 Å². The third-order valence-electron chi connectivity index (χ3n) is 3.87. The molecule has 0 aliphatic carbocycles. The van der Waals surface area contributed by atoms with Gasteiger partial charge in [0, 0.05) is 17.8 Å². The number of amides is 1. The Morgan fingerprint density at radius 1 is 1.11 bits per heavy atom. The Morgan fingerprint density at radius 3 is 2.48 bits per heavy atom. The number of hydrogen-bond donors (Lipinski definition) is 1. The molecule has 8 nitrogen and oxygen atoms in total. The Morgan fingerprint density at radius 2 is 1.85 bits per heavy atom. The number of anilines is 1. The molecule has 0 saturated carbocycles. The highest BCUT2D eigenvalue weighted by atomic mass is 16.5. The van der Waals surface area contributed by atoms with Crippen LogP contribution in [0.15, 0.2) is 48.8 Å². The van der Waals surface area contributed by atoms with Gasteiger partial charge in [-0.3, -0.25) is 4.79 Å². The highest BCUT2D eigenvalue weighted by molar-refractivity contribution is 6.02. The molecule has 1 N–H and O–H groups in total. The van der Waals surface area contributed by atoms with E-state index in [-0.39, 0.29) is 5.91 Å². The molecular weight excluding hydrogens is 346 g/mol. The molecule has 1 amide bonds. The molecule has 1 heterocycles. The first-order chi connectivity index (χ1) is 13.1. The van der Waals surface area contributed by atoms with E-state index in [9.17, 15) is 4.79 Å². The Hall–Kier alpha value is -3.68. The van der Waals surface area contributed by atoms with E-state index in [4.69, 9.17) is 9.47 Å². The van der Waals surface area contributed by atoms with Crippen molar-refractivity contribution in [2.45, 2.75) is 6.92 Å². The van der Waals surface area contributed by atoms with Crippen LogP contribution in [0, 0.1) is 6.92 Å². The van der Waals surface area contributed by atoms with Crippen LogP contribution in [-0.2, 0) is 4.79 Å². The highest BCUT2D eigenvalue weighted by Gasteiger charge is 2.06. The SMILES string of the molecule is COc1cc(/C=C/C(=O)Nc2ccc(C)c(-n3cnnn3)c2)cc(OC)c1. The minimum absolute atomic E-state index is 0.261. The molecule has 0 spiro atoms. The average molecular weight is 365 g/mol. The topological polar surface area (TPSA) is 91.2 Å². The molecule has 8 heteroatoms. The highest BCUT2D eigenvalue weighted by Crippen LogP contribution is 2.23. The lowest BCUT2D eigenvalue weighted by atomic mass is 10.1. The molecule has 138 valence electrons. The number of aromatic nitrogens is 4.